The third-order valence-corrected chi connectivity index (χ3v) is 3.99. The molecule has 7 nitrogen and oxygen atoms in total. The second-order valence-electron chi connectivity index (χ2n) is 6.09. The zero-order chi connectivity index (χ0) is 24.2. The van der Waals surface area contributed by atoms with E-state index in [1.807, 2.05) is 0 Å². The van der Waals surface area contributed by atoms with Crippen LogP contribution < -0.4 is 20.1 Å². The first-order chi connectivity index (χ1) is 14.8. The van der Waals surface area contributed by atoms with E-state index in [4.69, 9.17) is 4.74 Å². The Kier molecular flexibility index (Phi) is 7.11. The third-order valence-electron chi connectivity index (χ3n) is 3.99. The zero-order valence-electron chi connectivity index (χ0n) is 16.4. The summed E-state index contributed by atoms with van der Waals surface area (Å²) >= 11 is 0. The van der Waals surface area contributed by atoms with Gasteiger partial charge in [-0.15, -0.1) is 13.2 Å². The molecule has 1 atom stereocenters. The van der Waals surface area contributed by atoms with Crippen LogP contribution in [0.1, 0.15) is 10.4 Å². The molecular formula is C19H16F6N2O5. The van der Waals surface area contributed by atoms with E-state index in [2.05, 4.69) is 9.47 Å². The van der Waals surface area contributed by atoms with Crippen molar-refractivity contribution < 1.29 is 50.1 Å². The van der Waals surface area contributed by atoms with Gasteiger partial charge >= 0.3 is 24.2 Å². The maximum atomic E-state index is 14.1. The van der Waals surface area contributed by atoms with Crippen LogP contribution in [0.25, 0.3) is 0 Å². The quantitative estimate of drug-likeness (QED) is 0.366. The summed E-state index contributed by atoms with van der Waals surface area (Å²) < 4.78 is 91.9. The van der Waals surface area contributed by atoms with Crippen molar-refractivity contribution in [2.75, 3.05) is 19.5 Å². The predicted octanol–water partition coefficient (Wildman–Crippen LogP) is 3.87. The number of carbonyl (C=O) groups is 2. The van der Waals surface area contributed by atoms with Crippen molar-refractivity contribution in [1.82, 2.24) is 5.32 Å². The molecule has 0 radical (unpaired) electrons. The number of hydrogen-bond donors (Lipinski definition) is 2. The minimum absolute atomic E-state index is 0.0698. The minimum Gasteiger partial charge on any atom is -0.496 e. The summed E-state index contributed by atoms with van der Waals surface area (Å²) in [5.74, 6) is -4.05. The summed E-state index contributed by atoms with van der Waals surface area (Å²) in [5, 5.41) is 3.37. The van der Waals surface area contributed by atoms with Crippen LogP contribution >= 0.6 is 0 Å². The van der Waals surface area contributed by atoms with Crippen LogP contribution in [0.3, 0.4) is 0 Å². The number of alkyl halides is 6. The summed E-state index contributed by atoms with van der Waals surface area (Å²) in [6, 6.07) is 8.32. The van der Waals surface area contributed by atoms with E-state index in [0.717, 1.165) is 30.3 Å². The van der Waals surface area contributed by atoms with E-state index in [9.17, 15) is 35.9 Å². The molecule has 0 fully saturated rings. The number of nitrogens with one attached hydrogen (secondary N) is 2. The van der Waals surface area contributed by atoms with Crippen molar-refractivity contribution in [2.24, 2.45) is 0 Å². The highest BCUT2D eigenvalue weighted by Gasteiger charge is 2.63. The smallest absolute Gasteiger partial charge is 0.496 e. The molecule has 0 heterocycles. The summed E-state index contributed by atoms with van der Waals surface area (Å²) in [7, 11) is 1.85. The third kappa shape index (κ3) is 5.53. The molecule has 0 spiro atoms. The van der Waals surface area contributed by atoms with Gasteiger partial charge in [-0.05, 0) is 36.4 Å². The molecule has 174 valence electrons. The number of carbonyl (C=O) groups excluding carboxylic acids is 2. The number of benzene rings is 2. The zero-order valence-corrected chi connectivity index (χ0v) is 16.4. The van der Waals surface area contributed by atoms with Gasteiger partial charge in [0.1, 0.15) is 11.5 Å². The summed E-state index contributed by atoms with van der Waals surface area (Å²) in [5.41, 5.74) is -4.57. The molecule has 13 heteroatoms. The molecule has 0 aliphatic rings. The van der Waals surface area contributed by atoms with Gasteiger partial charge in [-0.2, -0.15) is 13.2 Å². The highest BCUT2D eigenvalue weighted by Crippen LogP contribution is 2.34. The number of amides is 1. The SMILES string of the molecule is COC(=O)[C@](NC(=O)c1ccccc1OC)(Nc1ccc(OC(F)(F)F)cc1)C(F)(F)F. The highest BCUT2D eigenvalue weighted by molar-refractivity contribution is 6.01. The Balaban J connectivity index is 2.46. The van der Waals surface area contributed by atoms with E-state index >= 15 is 0 Å². The molecule has 1 amide bonds. The van der Waals surface area contributed by atoms with Crippen LogP contribution in [-0.2, 0) is 9.53 Å². The van der Waals surface area contributed by atoms with E-state index < -0.39 is 41.5 Å². The van der Waals surface area contributed by atoms with Crippen LogP contribution in [0.2, 0.25) is 0 Å². The first-order valence-electron chi connectivity index (χ1n) is 8.57. The summed E-state index contributed by atoms with van der Waals surface area (Å²) in [6.45, 7) is 0. The van der Waals surface area contributed by atoms with E-state index in [1.54, 1.807) is 10.6 Å². The lowest BCUT2D eigenvalue weighted by Crippen LogP contribution is -2.69. The lowest BCUT2D eigenvalue weighted by atomic mass is 10.1. The number of anilines is 1. The summed E-state index contributed by atoms with van der Waals surface area (Å²) in [6.07, 6.45) is -10.5. The van der Waals surface area contributed by atoms with E-state index in [0.29, 0.717) is 7.11 Å². The average molecular weight is 466 g/mol. The Hall–Kier alpha value is -3.64. The van der Waals surface area contributed by atoms with Gasteiger partial charge < -0.3 is 24.8 Å². The Morgan fingerprint density at radius 3 is 1.97 bits per heavy atom. The molecule has 2 aromatic rings. The minimum atomic E-state index is -5.45. The Morgan fingerprint density at radius 1 is 0.875 bits per heavy atom. The molecule has 2 rings (SSSR count). The van der Waals surface area contributed by atoms with Crippen molar-refractivity contribution >= 4 is 17.6 Å². The van der Waals surface area contributed by atoms with Gasteiger partial charge in [0.05, 0.1) is 19.8 Å². The van der Waals surface area contributed by atoms with Crippen molar-refractivity contribution in [2.45, 2.75) is 18.2 Å². The highest BCUT2D eigenvalue weighted by atomic mass is 19.4. The largest absolute Gasteiger partial charge is 0.573 e. The fourth-order valence-corrected chi connectivity index (χ4v) is 2.57. The molecule has 0 aliphatic carbocycles. The van der Waals surface area contributed by atoms with Crippen molar-refractivity contribution in [3.8, 4) is 11.5 Å². The number of para-hydroxylation sites is 1. The Labute approximate surface area is 177 Å². The number of hydrogen-bond acceptors (Lipinski definition) is 6. The topological polar surface area (TPSA) is 85.9 Å². The van der Waals surface area contributed by atoms with Crippen LogP contribution in [0.5, 0.6) is 11.5 Å². The monoisotopic (exact) mass is 466 g/mol. The van der Waals surface area contributed by atoms with E-state index in [-0.39, 0.29) is 11.3 Å². The molecule has 2 N–H and O–H groups in total. The number of rotatable bonds is 7. The molecule has 0 aliphatic heterocycles. The van der Waals surface area contributed by atoms with Gasteiger partial charge in [0.2, 0.25) is 0 Å². The number of esters is 1. The van der Waals surface area contributed by atoms with Crippen LogP contribution in [0.4, 0.5) is 32.0 Å². The summed E-state index contributed by atoms with van der Waals surface area (Å²) in [4.78, 5) is 24.9. The van der Waals surface area contributed by atoms with Crippen LogP contribution in [0.15, 0.2) is 48.5 Å². The lowest BCUT2D eigenvalue weighted by Gasteiger charge is -2.35. The molecule has 0 aromatic heterocycles. The van der Waals surface area contributed by atoms with Gasteiger partial charge in [-0.3, -0.25) is 4.79 Å². The Bertz CT molecular complexity index is 962. The maximum absolute atomic E-state index is 14.1. The normalized spacial score (nSPS) is 13.5. The molecular weight excluding hydrogens is 450 g/mol. The van der Waals surface area contributed by atoms with Gasteiger partial charge in [-0.1, -0.05) is 12.1 Å². The first-order valence-corrected chi connectivity index (χ1v) is 8.57. The van der Waals surface area contributed by atoms with Crippen molar-refractivity contribution in [3.63, 3.8) is 0 Å². The molecule has 0 bridgehead atoms. The van der Waals surface area contributed by atoms with Crippen molar-refractivity contribution in [3.05, 3.63) is 54.1 Å². The molecule has 0 saturated heterocycles. The molecule has 0 saturated carbocycles. The van der Waals surface area contributed by atoms with Gasteiger partial charge in [0, 0.05) is 5.69 Å². The Morgan fingerprint density at radius 2 is 1.47 bits per heavy atom. The standard InChI is InChI=1S/C19H16F6N2O5/c1-30-14-6-4-3-5-13(14)15(28)27-17(16(29)31-2,18(20,21)22)26-11-7-9-12(10-8-11)32-19(23,24)25/h3-10,26H,1-2H3,(H,27,28)/t17-/m1/s1. The fourth-order valence-electron chi connectivity index (χ4n) is 2.57. The molecule has 2 aromatic carbocycles. The maximum Gasteiger partial charge on any atom is 0.573 e. The van der Waals surface area contributed by atoms with E-state index in [1.165, 1.54) is 25.3 Å². The van der Waals surface area contributed by atoms with Crippen molar-refractivity contribution in [1.29, 1.82) is 0 Å². The lowest BCUT2D eigenvalue weighted by molar-refractivity contribution is -0.274. The fraction of sp³-hybridized carbons (Fsp3) is 0.263. The second-order valence-corrected chi connectivity index (χ2v) is 6.09. The number of methoxy groups -OCH3 is 2. The van der Waals surface area contributed by atoms with Gasteiger partial charge in [0.25, 0.3) is 5.91 Å². The molecule has 32 heavy (non-hydrogen) atoms. The van der Waals surface area contributed by atoms with Gasteiger partial charge in [0.15, 0.2) is 0 Å². The first kappa shape index (κ1) is 24.6. The van der Waals surface area contributed by atoms with Crippen LogP contribution in [0, 0.1) is 0 Å². The predicted molar refractivity (Wildman–Crippen MR) is 98.0 cm³/mol. The number of halogens is 6. The average Bonchev–Trinajstić information content (AvgIpc) is 2.71. The number of ether oxygens (including phenoxy) is 3. The van der Waals surface area contributed by atoms with Gasteiger partial charge in [-0.25, -0.2) is 4.79 Å². The second kappa shape index (κ2) is 9.24. The van der Waals surface area contributed by atoms with Crippen LogP contribution in [-0.4, -0.2) is 44.3 Å². The molecule has 0 unspecified atom stereocenters.